The molecule has 1 atom stereocenters. The zero-order valence-electron chi connectivity index (χ0n) is 24.2. The average Bonchev–Trinajstić information content (AvgIpc) is 3.45. The van der Waals surface area contributed by atoms with Gasteiger partial charge in [0.05, 0.1) is 23.5 Å². The van der Waals surface area contributed by atoms with Gasteiger partial charge in [0.1, 0.15) is 18.0 Å². The minimum atomic E-state index is -4.77. The molecule has 0 saturated heterocycles. The Morgan fingerprint density at radius 1 is 0.957 bits per heavy atom. The Morgan fingerprint density at radius 2 is 1.65 bits per heavy atom. The summed E-state index contributed by atoms with van der Waals surface area (Å²) in [5.41, 5.74) is 0.355. The van der Waals surface area contributed by atoms with Gasteiger partial charge in [-0.1, -0.05) is 72.0 Å². The van der Waals surface area contributed by atoms with Gasteiger partial charge < -0.3 is 15.0 Å². The van der Waals surface area contributed by atoms with Crippen LogP contribution in [0.1, 0.15) is 38.5 Å². The summed E-state index contributed by atoms with van der Waals surface area (Å²) in [6.07, 6.45) is -2.98. The smallest absolute Gasteiger partial charge is 0.416 e. The van der Waals surface area contributed by atoms with Crippen molar-refractivity contribution >= 4 is 45.2 Å². The topological polar surface area (TPSA) is 67.3 Å². The molecule has 46 heavy (non-hydrogen) atoms. The Hall–Kier alpha value is -4.04. The van der Waals surface area contributed by atoms with Crippen LogP contribution >= 0.6 is 33.9 Å². The zero-order chi connectivity index (χ0) is 32.3. The molecule has 2 aromatic heterocycles. The fourth-order valence-electron chi connectivity index (χ4n) is 5.45. The predicted molar refractivity (Wildman–Crippen MR) is 176 cm³/mol. The molecule has 6 rings (SSSR count). The lowest BCUT2D eigenvalue weighted by Gasteiger charge is -2.36. The molecule has 1 aliphatic rings. The Kier molecular flexibility index (Phi) is 9.27. The largest absolute Gasteiger partial charge is 0.445 e. The first-order valence-corrected chi connectivity index (χ1v) is 16.3. The molecule has 3 heterocycles. The third kappa shape index (κ3) is 7.17. The summed E-state index contributed by atoms with van der Waals surface area (Å²) in [4.78, 5) is 24.8. The van der Waals surface area contributed by atoms with Crippen LogP contribution in [0, 0.1) is 9.39 Å². The zero-order valence-corrected chi connectivity index (χ0v) is 27.2. The number of alkyl halides is 3. The van der Waals surface area contributed by atoms with Gasteiger partial charge in [0.15, 0.2) is 5.13 Å². The van der Waals surface area contributed by atoms with E-state index >= 15 is 4.39 Å². The summed E-state index contributed by atoms with van der Waals surface area (Å²) < 4.78 is 63.4. The molecule has 1 aliphatic heterocycles. The van der Waals surface area contributed by atoms with Gasteiger partial charge in [-0.25, -0.2) is 14.2 Å². The first-order valence-electron chi connectivity index (χ1n) is 14.4. The van der Waals surface area contributed by atoms with Gasteiger partial charge in [-0.3, -0.25) is 4.98 Å². The number of hydrogen-bond donors (Lipinski definition) is 1. The van der Waals surface area contributed by atoms with Crippen LogP contribution in [-0.2, 0) is 42.4 Å². The standard InChI is InChI=1S/C34H27F4IN4O2S/c35-26-16-24(15-25(17-26)34(36,37)38)33(18-22-7-3-1-4-8-22,30-12-11-27(39)19-40-30)42-31-41-28-13-14-43(20-29(28)46-31)32(44)45-21-23-9-5-2-6-10-23/h1-12,15-17,19H,13-14,18,20-21H2,(H,41,42). The second-order valence-electron chi connectivity index (χ2n) is 10.9. The lowest BCUT2D eigenvalue weighted by Crippen LogP contribution is -2.40. The number of hydrogen-bond acceptors (Lipinski definition) is 6. The number of fused-ring (bicyclic) bond motifs is 1. The van der Waals surface area contributed by atoms with E-state index in [0.717, 1.165) is 37.4 Å². The SMILES string of the molecule is O=C(OCc1ccccc1)N1CCc2nc(NC(Cc3ccccc3)(c3cc(F)cc(C(F)(F)F)c3)c3ccc(I)cn3)sc2C1. The number of benzene rings is 3. The fourth-order valence-corrected chi connectivity index (χ4v) is 6.87. The van der Waals surface area contributed by atoms with E-state index < -0.39 is 29.2 Å². The first kappa shape index (κ1) is 31.9. The van der Waals surface area contributed by atoms with Crippen molar-refractivity contribution in [1.29, 1.82) is 0 Å². The molecule has 0 bridgehead atoms. The number of thiazole rings is 1. The number of nitrogens with zero attached hydrogens (tertiary/aromatic N) is 3. The fraction of sp³-hybridized carbons (Fsp3) is 0.206. The molecule has 5 aromatic rings. The number of carbonyl (C=O) groups excluding carboxylic acids is 1. The lowest BCUT2D eigenvalue weighted by atomic mass is 9.80. The molecule has 0 saturated carbocycles. The number of rotatable bonds is 8. The number of carbonyl (C=O) groups is 1. The van der Waals surface area contributed by atoms with E-state index in [9.17, 15) is 18.0 Å². The number of nitrogens with one attached hydrogen (secondary N) is 1. The highest BCUT2D eigenvalue weighted by Crippen LogP contribution is 2.41. The number of pyridine rings is 1. The molecule has 0 aliphatic carbocycles. The van der Waals surface area contributed by atoms with Crippen molar-refractivity contribution in [3.8, 4) is 0 Å². The summed E-state index contributed by atoms with van der Waals surface area (Å²) >= 11 is 3.40. The summed E-state index contributed by atoms with van der Waals surface area (Å²) in [6, 6.07) is 24.7. The molecular formula is C34H27F4IN4O2S. The minimum Gasteiger partial charge on any atom is -0.445 e. The number of anilines is 1. The van der Waals surface area contributed by atoms with E-state index in [1.165, 1.54) is 11.3 Å². The number of halogens is 5. The van der Waals surface area contributed by atoms with E-state index in [0.29, 0.717) is 29.9 Å². The molecular weight excluding hydrogens is 731 g/mol. The first-order chi connectivity index (χ1) is 22.1. The number of aromatic nitrogens is 2. The van der Waals surface area contributed by atoms with Crippen molar-refractivity contribution in [2.45, 2.75) is 37.7 Å². The maximum absolute atomic E-state index is 15.0. The minimum absolute atomic E-state index is 0.0525. The van der Waals surface area contributed by atoms with Gasteiger partial charge in [-0.15, -0.1) is 0 Å². The van der Waals surface area contributed by atoms with Crippen molar-refractivity contribution in [1.82, 2.24) is 14.9 Å². The van der Waals surface area contributed by atoms with Crippen LogP contribution < -0.4 is 5.32 Å². The number of amides is 1. The van der Waals surface area contributed by atoms with Crippen LogP contribution in [0.4, 0.5) is 27.5 Å². The highest BCUT2D eigenvalue weighted by molar-refractivity contribution is 14.1. The van der Waals surface area contributed by atoms with Crippen LogP contribution in [-0.4, -0.2) is 27.5 Å². The van der Waals surface area contributed by atoms with E-state index in [2.05, 4.69) is 32.9 Å². The molecule has 1 amide bonds. The molecule has 0 fully saturated rings. The molecule has 0 radical (unpaired) electrons. The van der Waals surface area contributed by atoms with E-state index in [4.69, 9.17) is 9.72 Å². The van der Waals surface area contributed by atoms with Gasteiger partial charge in [0.25, 0.3) is 0 Å². The van der Waals surface area contributed by atoms with E-state index in [1.54, 1.807) is 23.2 Å². The Bertz CT molecular complexity index is 1820. The molecule has 0 spiro atoms. The quantitative estimate of drug-likeness (QED) is 0.127. The molecule has 236 valence electrons. The summed E-state index contributed by atoms with van der Waals surface area (Å²) in [5, 5.41) is 3.84. The summed E-state index contributed by atoms with van der Waals surface area (Å²) in [5.74, 6) is -1.02. The summed E-state index contributed by atoms with van der Waals surface area (Å²) in [7, 11) is 0. The van der Waals surface area contributed by atoms with Crippen LogP contribution in [0.2, 0.25) is 0 Å². The van der Waals surface area contributed by atoms with Gasteiger partial charge in [0, 0.05) is 34.0 Å². The average molecular weight is 759 g/mol. The highest BCUT2D eigenvalue weighted by Gasteiger charge is 2.41. The van der Waals surface area contributed by atoms with Crippen LogP contribution in [0.5, 0.6) is 0 Å². The Balaban J connectivity index is 1.37. The van der Waals surface area contributed by atoms with Gasteiger partial charge >= 0.3 is 12.3 Å². The number of ether oxygens (including phenoxy) is 1. The second-order valence-corrected chi connectivity index (χ2v) is 13.2. The van der Waals surface area contributed by atoms with Crippen LogP contribution in [0.3, 0.4) is 0 Å². The molecule has 6 nitrogen and oxygen atoms in total. The van der Waals surface area contributed by atoms with Crippen molar-refractivity contribution in [3.05, 3.63) is 145 Å². The monoisotopic (exact) mass is 758 g/mol. The van der Waals surface area contributed by atoms with E-state index in [1.807, 2.05) is 60.7 Å². The third-order valence-corrected chi connectivity index (χ3v) is 9.35. The molecule has 12 heteroatoms. The predicted octanol–water partition coefficient (Wildman–Crippen LogP) is 8.59. The van der Waals surface area contributed by atoms with E-state index in [-0.39, 0.29) is 25.1 Å². The second kappa shape index (κ2) is 13.4. The van der Waals surface area contributed by atoms with Gasteiger partial charge in [-0.05, 0) is 69.6 Å². The Labute approximate surface area is 280 Å². The summed E-state index contributed by atoms with van der Waals surface area (Å²) in [6.45, 7) is 0.821. The van der Waals surface area contributed by atoms with Crippen molar-refractivity contribution < 1.29 is 27.1 Å². The maximum atomic E-state index is 15.0. The normalized spacial score (nSPS) is 14.3. The highest BCUT2D eigenvalue weighted by atomic mass is 127. The lowest BCUT2D eigenvalue weighted by molar-refractivity contribution is -0.137. The van der Waals surface area contributed by atoms with Gasteiger partial charge in [-0.2, -0.15) is 13.2 Å². The maximum Gasteiger partial charge on any atom is 0.416 e. The van der Waals surface area contributed by atoms with Crippen LogP contribution in [0.25, 0.3) is 0 Å². The molecule has 1 unspecified atom stereocenters. The van der Waals surface area contributed by atoms with Gasteiger partial charge in [0.2, 0.25) is 0 Å². The molecule has 1 N–H and O–H groups in total. The van der Waals surface area contributed by atoms with Crippen molar-refractivity contribution in [2.24, 2.45) is 0 Å². The van der Waals surface area contributed by atoms with Crippen LogP contribution in [0.15, 0.2) is 97.2 Å². The third-order valence-electron chi connectivity index (χ3n) is 7.71. The Morgan fingerprint density at radius 3 is 2.33 bits per heavy atom. The van der Waals surface area contributed by atoms with Crippen molar-refractivity contribution in [3.63, 3.8) is 0 Å². The molecule has 3 aromatic carbocycles. The van der Waals surface area contributed by atoms with Crippen molar-refractivity contribution in [2.75, 3.05) is 11.9 Å².